The number of halogens is 1. The second-order valence-corrected chi connectivity index (χ2v) is 8.13. The third-order valence-electron chi connectivity index (χ3n) is 4.33. The summed E-state index contributed by atoms with van der Waals surface area (Å²) < 4.78 is 38.2. The van der Waals surface area contributed by atoms with Crippen molar-refractivity contribution >= 4 is 15.7 Å². The minimum absolute atomic E-state index is 0.0373. The van der Waals surface area contributed by atoms with Gasteiger partial charge in [-0.15, -0.1) is 6.58 Å². The van der Waals surface area contributed by atoms with Crippen LogP contribution in [-0.2, 0) is 14.6 Å². The van der Waals surface area contributed by atoms with E-state index in [9.17, 15) is 17.6 Å². The highest BCUT2D eigenvalue weighted by Crippen LogP contribution is 2.26. The van der Waals surface area contributed by atoms with Gasteiger partial charge in [0.05, 0.1) is 4.90 Å². The Morgan fingerprint density at radius 1 is 1.35 bits per heavy atom. The fourth-order valence-corrected chi connectivity index (χ4v) is 4.29. The molecule has 1 saturated carbocycles. The van der Waals surface area contributed by atoms with E-state index in [0.29, 0.717) is 6.54 Å². The molecule has 0 radical (unpaired) electrons. The Balaban J connectivity index is 2.25. The average molecular weight is 339 g/mol. The molecule has 0 aliphatic heterocycles. The Morgan fingerprint density at radius 3 is 2.43 bits per heavy atom. The molecule has 6 heteroatoms. The number of benzene rings is 1. The molecule has 0 saturated heterocycles. The summed E-state index contributed by atoms with van der Waals surface area (Å²) in [6.45, 7) is 5.39. The van der Waals surface area contributed by atoms with E-state index in [0.717, 1.165) is 37.8 Å². The smallest absolute Gasteiger partial charge is 0.241 e. The van der Waals surface area contributed by atoms with E-state index in [4.69, 9.17) is 0 Å². The highest BCUT2D eigenvalue weighted by atomic mass is 32.2. The quantitative estimate of drug-likeness (QED) is 0.591. The monoisotopic (exact) mass is 339 g/mol. The SMILES string of the molecule is C=CCN(C(=O)C(C)S(=O)(=O)c1ccc(F)cc1)C1CCCC1. The Labute approximate surface area is 136 Å². The van der Waals surface area contributed by atoms with E-state index < -0.39 is 26.8 Å². The Morgan fingerprint density at radius 2 is 1.91 bits per heavy atom. The molecule has 1 aromatic carbocycles. The van der Waals surface area contributed by atoms with Crippen LogP contribution in [0.25, 0.3) is 0 Å². The van der Waals surface area contributed by atoms with E-state index in [2.05, 4.69) is 6.58 Å². The predicted octanol–water partition coefficient (Wildman–Crippen LogP) is 2.95. The van der Waals surface area contributed by atoms with Crippen LogP contribution in [0.15, 0.2) is 41.8 Å². The summed E-state index contributed by atoms with van der Waals surface area (Å²) in [4.78, 5) is 14.3. The number of carbonyl (C=O) groups is 1. The van der Waals surface area contributed by atoms with Crippen LogP contribution in [0.1, 0.15) is 32.6 Å². The van der Waals surface area contributed by atoms with Crippen molar-refractivity contribution in [2.24, 2.45) is 0 Å². The van der Waals surface area contributed by atoms with Crippen molar-refractivity contribution in [1.29, 1.82) is 0 Å². The molecular formula is C17H22FNO3S. The third kappa shape index (κ3) is 3.80. The van der Waals surface area contributed by atoms with Crippen LogP contribution < -0.4 is 0 Å². The summed E-state index contributed by atoms with van der Waals surface area (Å²) >= 11 is 0. The molecule has 1 unspecified atom stereocenters. The minimum Gasteiger partial charge on any atom is -0.335 e. The first kappa shape index (κ1) is 17.7. The first-order chi connectivity index (χ1) is 10.9. The van der Waals surface area contributed by atoms with Crippen molar-refractivity contribution < 1.29 is 17.6 Å². The van der Waals surface area contributed by atoms with Gasteiger partial charge in [0.25, 0.3) is 0 Å². The maximum absolute atomic E-state index is 13.0. The van der Waals surface area contributed by atoms with Gasteiger partial charge in [0.2, 0.25) is 5.91 Å². The number of carbonyl (C=O) groups excluding carboxylic acids is 1. The molecule has 0 spiro atoms. The summed E-state index contributed by atoms with van der Waals surface area (Å²) in [7, 11) is -3.84. The van der Waals surface area contributed by atoms with Gasteiger partial charge in [-0.1, -0.05) is 18.9 Å². The van der Waals surface area contributed by atoms with Crippen LogP contribution in [-0.4, -0.2) is 37.1 Å². The van der Waals surface area contributed by atoms with Crippen molar-refractivity contribution in [2.45, 2.75) is 48.8 Å². The lowest BCUT2D eigenvalue weighted by molar-refractivity contribution is -0.132. The molecular weight excluding hydrogens is 317 g/mol. The summed E-state index contributed by atoms with van der Waals surface area (Å²) in [6.07, 6.45) is 5.49. The first-order valence-corrected chi connectivity index (χ1v) is 9.33. The molecule has 1 aromatic rings. The topological polar surface area (TPSA) is 54.5 Å². The number of rotatable bonds is 6. The van der Waals surface area contributed by atoms with Gasteiger partial charge in [-0.05, 0) is 44.0 Å². The van der Waals surface area contributed by atoms with Crippen LogP contribution in [0.3, 0.4) is 0 Å². The number of nitrogens with zero attached hydrogens (tertiary/aromatic N) is 1. The van der Waals surface area contributed by atoms with Crippen molar-refractivity contribution in [2.75, 3.05) is 6.54 Å². The summed E-state index contributed by atoms with van der Waals surface area (Å²) in [6, 6.07) is 4.64. The van der Waals surface area contributed by atoms with E-state index in [1.807, 2.05) is 0 Å². The third-order valence-corrected chi connectivity index (χ3v) is 6.39. The maximum Gasteiger partial charge on any atom is 0.241 e. The molecule has 1 aliphatic carbocycles. The minimum atomic E-state index is -3.84. The van der Waals surface area contributed by atoms with Gasteiger partial charge in [0.15, 0.2) is 9.84 Å². The molecule has 1 aliphatic rings. The van der Waals surface area contributed by atoms with Crippen LogP contribution in [0.2, 0.25) is 0 Å². The molecule has 1 amide bonds. The first-order valence-electron chi connectivity index (χ1n) is 7.78. The van der Waals surface area contributed by atoms with Crippen LogP contribution in [0.4, 0.5) is 4.39 Å². The van der Waals surface area contributed by atoms with E-state index in [1.165, 1.54) is 19.1 Å². The van der Waals surface area contributed by atoms with Crippen molar-refractivity contribution in [3.05, 3.63) is 42.7 Å². The molecule has 0 bridgehead atoms. The molecule has 4 nitrogen and oxygen atoms in total. The lowest BCUT2D eigenvalue weighted by atomic mass is 10.2. The van der Waals surface area contributed by atoms with E-state index in [1.54, 1.807) is 11.0 Å². The lowest BCUT2D eigenvalue weighted by Gasteiger charge is -2.30. The molecule has 23 heavy (non-hydrogen) atoms. The van der Waals surface area contributed by atoms with Crippen LogP contribution in [0, 0.1) is 5.82 Å². The second-order valence-electron chi connectivity index (χ2n) is 5.86. The van der Waals surface area contributed by atoms with Crippen LogP contribution >= 0.6 is 0 Å². The van der Waals surface area contributed by atoms with Crippen molar-refractivity contribution in [1.82, 2.24) is 4.90 Å². The van der Waals surface area contributed by atoms with Crippen molar-refractivity contribution in [3.63, 3.8) is 0 Å². The lowest BCUT2D eigenvalue weighted by Crippen LogP contribution is -2.46. The Kier molecular flexibility index (Phi) is 5.57. The molecule has 2 rings (SSSR count). The van der Waals surface area contributed by atoms with Gasteiger partial charge in [-0.2, -0.15) is 0 Å². The summed E-state index contributed by atoms with van der Waals surface area (Å²) in [5.74, 6) is -0.928. The largest absolute Gasteiger partial charge is 0.335 e. The fraction of sp³-hybridized carbons (Fsp3) is 0.471. The van der Waals surface area contributed by atoms with E-state index >= 15 is 0 Å². The standard InChI is InChI=1S/C17H22FNO3S/c1-3-12-19(15-6-4-5-7-15)17(20)13(2)23(21,22)16-10-8-14(18)9-11-16/h3,8-11,13,15H,1,4-7,12H2,2H3. The molecule has 0 heterocycles. The average Bonchev–Trinajstić information content (AvgIpc) is 3.05. The normalized spacial score (nSPS) is 17.0. The summed E-state index contributed by atoms with van der Waals surface area (Å²) in [5, 5.41) is -1.20. The zero-order valence-electron chi connectivity index (χ0n) is 13.2. The van der Waals surface area contributed by atoms with Gasteiger partial charge in [-0.25, -0.2) is 12.8 Å². The number of hydrogen-bond acceptors (Lipinski definition) is 3. The van der Waals surface area contributed by atoms with Gasteiger partial charge in [0.1, 0.15) is 11.1 Å². The number of sulfone groups is 1. The fourth-order valence-electron chi connectivity index (χ4n) is 2.97. The van der Waals surface area contributed by atoms with Gasteiger partial charge in [0, 0.05) is 12.6 Å². The van der Waals surface area contributed by atoms with Crippen molar-refractivity contribution in [3.8, 4) is 0 Å². The summed E-state index contributed by atoms with van der Waals surface area (Å²) in [5.41, 5.74) is 0. The van der Waals surface area contributed by atoms with Gasteiger partial charge < -0.3 is 4.90 Å². The zero-order chi connectivity index (χ0) is 17.0. The number of amides is 1. The predicted molar refractivity (Wildman–Crippen MR) is 87.2 cm³/mol. The number of hydrogen-bond donors (Lipinski definition) is 0. The van der Waals surface area contributed by atoms with E-state index in [-0.39, 0.29) is 10.9 Å². The van der Waals surface area contributed by atoms with Gasteiger partial charge in [-0.3, -0.25) is 4.79 Å². The molecule has 0 N–H and O–H groups in total. The maximum atomic E-state index is 13.0. The van der Waals surface area contributed by atoms with Gasteiger partial charge >= 0.3 is 0 Å². The second kappa shape index (κ2) is 7.25. The zero-order valence-corrected chi connectivity index (χ0v) is 14.1. The molecule has 0 aromatic heterocycles. The highest BCUT2D eigenvalue weighted by Gasteiger charge is 2.36. The Hall–Kier alpha value is -1.69. The molecule has 1 fully saturated rings. The molecule has 126 valence electrons. The molecule has 1 atom stereocenters. The highest BCUT2D eigenvalue weighted by molar-refractivity contribution is 7.92. The Bertz CT molecular complexity index is 664. The van der Waals surface area contributed by atoms with Crippen LogP contribution in [0.5, 0.6) is 0 Å².